The smallest absolute Gasteiger partial charge is 0.354 e. The van der Waals surface area contributed by atoms with Crippen LogP contribution in [0, 0.1) is 5.92 Å². The first kappa shape index (κ1) is 28.7. The summed E-state index contributed by atoms with van der Waals surface area (Å²) in [7, 11) is 0. The van der Waals surface area contributed by atoms with E-state index in [4.69, 9.17) is 11.5 Å². The van der Waals surface area contributed by atoms with Gasteiger partial charge in [-0.15, -0.1) is 0 Å². The molecular weight excluding hydrogens is 500 g/mol. The van der Waals surface area contributed by atoms with Gasteiger partial charge in [-0.05, 0) is 69.5 Å². The first-order valence-corrected chi connectivity index (χ1v) is 13.5. The number of likely N-dealkylation sites (tertiary alicyclic amines) is 1. The van der Waals surface area contributed by atoms with Crippen molar-refractivity contribution in [3.8, 4) is 5.69 Å². The number of hydrogen-bond acceptors (Lipinski definition) is 8. The zero-order valence-electron chi connectivity index (χ0n) is 22.8. The van der Waals surface area contributed by atoms with Crippen LogP contribution in [0.1, 0.15) is 32.3 Å². The number of nitrogens with zero attached hydrogens (tertiary/aromatic N) is 5. The summed E-state index contributed by atoms with van der Waals surface area (Å²) in [5.41, 5.74) is 11.9. The number of aliphatic hydroxyl groups excluding tert-OH is 1. The Morgan fingerprint density at radius 1 is 1.08 bits per heavy atom. The molecule has 12 nitrogen and oxygen atoms in total. The largest absolute Gasteiger partial charge is 0.394 e. The quantitative estimate of drug-likeness (QED) is 0.386. The number of rotatable bonds is 7. The number of carbonyl (C=O) groups is 2. The summed E-state index contributed by atoms with van der Waals surface area (Å²) < 4.78 is 1.43. The lowest BCUT2D eigenvalue weighted by Gasteiger charge is -2.37. The Morgan fingerprint density at radius 3 is 2.26 bits per heavy atom. The second-order valence-electron chi connectivity index (χ2n) is 10.9. The SMILES string of the molecule is C[C@@H](N)C1CCN(Cc2ccc(-n3ccc(NC(=O)N4CCN(C(=O)C(C)(N)CO)CC4)nc3=O)cc2)CC1. The minimum atomic E-state index is -1.35. The molecule has 0 saturated carbocycles. The van der Waals surface area contributed by atoms with Gasteiger partial charge < -0.3 is 26.4 Å². The highest BCUT2D eigenvalue weighted by Gasteiger charge is 2.34. The number of nitrogens with two attached hydrogens (primary N) is 2. The summed E-state index contributed by atoms with van der Waals surface area (Å²) in [5.74, 6) is 0.392. The van der Waals surface area contributed by atoms with E-state index in [-0.39, 0.29) is 17.8 Å². The van der Waals surface area contributed by atoms with Gasteiger partial charge in [0.1, 0.15) is 11.4 Å². The van der Waals surface area contributed by atoms with Gasteiger partial charge in [0.25, 0.3) is 0 Å². The number of anilines is 1. The first-order valence-electron chi connectivity index (χ1n) is 13.5. The van der Waals surface area contributed by atoms with Crippen molar-refractivity contribution in [2.75, 3.05) is 51.2 Å². The molecule has 0 spiro atoms. The van der Waals surface area contributed by atoms with E-state index in [0.29, 0.717) is 37.8 Å². The highest BCUT2D eigenvalue weighted by atomic mass is 16.3. The summed E-state index contributed by atoms with van der Waals surface area (Å²) in [6.45, 7) is 7.24. The maximum atomic E-state index is 12.7. The van der Waals surface area contributed by atoms with Gasteiger partial charge in [-0.1, -0.05) is 12.1 Å². The van der Waals surface area contributed by atoms with Crippen molar-refractivity contribution in [3.05, 3.63) is 52.6 Å². The number of benzene rings is 1. The van der Waals surface area contributed by atoms with Crippen LogP contribution in [-0.2, 0) is 11.3 Å². The lowest BCUT2D eigenvalue weighted by Crippen LogP contribution is -2.60. The number of aromatic nitrogens is 2. The van der Waals surface area contributed by atoms with Crippen molar-refractivity contribution < 1.29 is 14.7 Å². The summed E-state index contributed by atoms with van der Waals surface area (Å²) in [6, 6.07) is 9.26. The number of amides is 3. The zero-order chi connectivity index (χ0) is 28.2. The predicted molar refractivity (Wildman–Crippen MR) is 148 cm³/mol. The van der Waals surface area contributed by atoms with E-state index in [1.54, 1.807) is 17.2 Å². The first-order chi connectivity index (χ1) is 18.6. The Labute approximate surface area is 228 Å². The molecule has 2 saturated heterocycles. The fourth-order valence-electron chi connectivity index (χ4n) is 5.06. The van der Waals surface area contributed by atoms with Crippen LogP contribution >= 0.6 is 0 Å². The van der Waals surface area contributed by atoms with Crippen molar-refractivity contribution in [3.63, 3.8) is 0 Å². The van der Waals surface area contributed by atoms with Gasteiger partial charge >= 0.3 is 11.7 Å². The molecular formula is C27H40N8O4. The van der Waals surface area contributed by atoms with E-state index in [1.807, 2.05) is 24.3 Å². The van der Waals surface area contributed by atoms with Gasteiger partial charge in [0.2, 0.25) is 5.91 Å². The third kappa shape index (κ3) is 7.01. The van der Waals surface area contributed by atoms with Crippen LogP contribution in [0.3, 0.4) is 0 Å². The molecule has 212 valence electrons. The summed E-state index contributed by atoms with van der Waals surface area (Å²) in [4.78, 5) is 47.4. The Hall–Kier alpha value is -3.32. The fourth-order valence-corrected chi connectivity index (χ4v) is 5.06. The van der Waals surface area contributed by atoms with Gasteiger partial charge in [0, 0.05) is 45.0 Å². The van der Waals surface area contributed by atoms with Crippen molar-refractivity contribution in [1.29, 1.82) is 0 Å². The molecule has 12 heteroatoms. The lowest BCUT2D eigenvalue weighted by molar-refractivity contribution is -0.139. The molecule has 0 radical (unpaired) electrons. The zero-order valence-corrected chi connectivity index (χ0v) is 22.8. The highest BCUT2D eigenvalue weighted by molar-refractivity contribution is 5.89. The van der Waals surface area contributed by atoms with Crippen LogP contribution < -0.4 is 22.5 Å². The Balaban J connectivity index is 1.30. The molecule has 1 aromatic carbocycles. The molecule has 2 aliphatic heterocycles. The standard InChI is InChI=1S/C27H40N8O4/c1-19(28)21-7-10-32(11-8-21)17-20-3-5-22(6-4-20)35-12-9-23(31-26(35)39)30-25(38)34-15-13-33(14-16-34)24(37)27(2,29)18-36/h3-6,9,12,19,21,36H,7-8,10-11,13-18,28-29H2,1-2H3,(H,30,31,38,39)/t19-,27?/m1/s1. The van der Waals surface area contributed by atoms with Gasteiger partial charge in [0.15, 0.2) is 0 Å². The molecule has 3 amide bonds. The normalized spacial score (nSPS) is 19.4. The Kier molecular flexibility index (Phi) is 9.01. The number of piperazine rings is 1. The Morgan fingerprint density at radius 2 is 1.69 bits per heavy atom. The molecule has 0 aliphatic carbocycles. The highest BCUT2D eigenvalue weighted by Crippen LogP contribution is 2.21. The lowest BCUT2D eigenvalue weighted by atomic mass is 9.91. The van der Waals surface area contributed by atoms with Gasteiger partial charge in [-0.25, -0.2) is 9.59 Å². The molecule has 39 heavy (non-hydrogen) atoms. The topological polar surface area (TPSA) is 163 Å². The van der Waals surface area contributed by atoms with Crippen LogP contribution in [-0.4, -0.2) is 98.8 Å². The van der Waals surface area contributed by atoms with Gasteiger partial charge in [0.05, 0.1) is 12.3 Å². The average Bonchev–Trinajstić information content (AvgIpc) is 2.93. The van der Waals surface area contributed by atoms with Crippen LogP contribution in [0.5, 0.6) is 0 Å². The third-order valence-electron chi connectivity index (χ3n) is 7.71. The van der Waals surface area contributed by atoms with Crippen molar-refractivity contribution in [1.82, 2.24) is 24.3 Å². The molecule has 4 rings (SSSR count). The van der Waals surface area contributed by atoms with Gasteiger partial charge in [-0.2, -0.15) is 4.98 Å². The number of urea groups is 1. The molecule has 2 aliphatic rings. The van der Waals surface area contributed by atoms with Crippen molar-refractivity contribution in [2.24, 2.45) is 17.4 Å². The van der Waals surface area contributed by atoms with Crippen molar-refractivity contribution in [2.45, 2.75) is 44.8 Å². The molecule has 6 N–H and O–H groups in total. The van der Waals surface area contributed by atoms with Gasteiger partial charge in [-0.3, -0.25) is 19.6 Å². The maximum Gasteiger partial charge on any atom is 0.354 e. The number of carbonyl (C=O) groups excluding carboxylic acids is 2. The second-order valence-corrected chi connectivity index (χ2v) is 10.9. The predicted octanol–water partition coefficient (Wildman–Crippen LogP) is 0.178. The van der Waals surface area contributed by atoms with E-state index in [2.05, 4.69) is 22.1 Å². The van der Waals surface area contributed by atoms with Crippen LogP contribution in [0.4, 0.5) is 10.6 Å². The number of hydrogen-bond donors (Lipinski definition) is 4. The molecule has 2 aromatic rings. The number of aliphatic hydroxyl groups is 1. The number of piperidine rings is 1. The minimum Gasteiger partial charge on any atom is -0.394 e. The molecule has 1 unspecified atom stereocenters. The van der Waals surface area contributed by atoms with E-state index in [9.17, 15) is 19.5 Å². The molecule has 3 heterocycles. The van der Waals surface area contributed by atoms with E-state index in [1.165, 1.54) is 22.0 Å². The summed E-state index contributed by atoms with van der Waals surface area (Å²) in [6.07, 6.45) is 3.83. The fraction of sp³-hybridized carbons (Fsp3) is 0.556. The summed E-state index contributed by atoms with van der Waals surface area (Å²) >= 11 is 0. The average molecular weight is 541 g/mol. The number of nitrogens with one attached hydrogen (secondary N) is 1. The summed E-state index contributed by atoms with van der Waals surface area (Å²) in [5, 5.41) is 12.0. The third-order valence-corrected chi connectivity index (χ3v) is 7.71. The van der Waals surface area contributed by atoms with E-state index >= 15 is 0 Å². The molecule has 2 atom stereocenters. The second kappa shape index (κ2) is 12.2. The monoisotopic (exact) mass is 540 g/mol. The maximum absolute atomic E-state index is 12.7. The Bertz CT molecular complexity index is 1200. The van der Waals surface area contributed by atoms with Crippen LogP contribution in [0.25, 0.3) is 5.69 Å². The van der Waals surface area contributed by atoms with Crippen molar-refractivity contribution >= 4 is 17.8 Å². The molecule has 1 aromatic heterocycles. The van der Waals surface area contributed by atoms with E-state index in [0.717, 1.165) is 32.5 Å². The van der Waals surface area contributed by atoms with E-state index < -0.39 is 23.9 Å². The minimum absolute atomic E-state index is 0.154. The molecule has 2 fully saturated rings. The van der Waals surface area contributed by atoms with Crippen LogP contribution in [0.2, 0.25) is 0 Å². The molecule has 0 bridgehead atoms. The van der Waals surface area contributed by atoms with Crippen LogP contribution in [0.15, 0.2) is 41.3 Å².